The second-order valence-corrected chi connectivity index (χ2v) is 11.8. The fourth-order valence-corrected chi connectivity index (χ4v) is 6.48. The molecule has 2 aliphatic rings. The zero-order chi connectivity index (χ0) is 20.4. The van der Waals surface area contributed by atoms with E-state index in [1.807, 2.05) is 6.92 Å². The molecule has 0 unspecified atom stereocenters. The van der Waals surface area contributed by atoms with Gasteiger partial charge in [0.05, 0.1) is 5.75 Å². The Labute approximate surface area is 172 Å². The lowest BCUT2D eigenvalue weighted by atomic mass is 9.68. The molecule has 1 saturated heterocycles. The van der Waals surface area contributed by atoms with Gasteiger partial charge in [-0.2, -0.15) is 4.31 Å². The fraction of sp³-hybridized carbons (Fsp3) is 0.739. The Morgan fingerprint density at radius 2 is 1.57 bits per heavy atom. The van der Waals surface area contributed by atoms with Crippen molar-refractivity contribution in [3.63, 3.8) is 0 Å². The highest BCUT2D eigenvalue weighted by molar-refractivity contribution is 7.89. The highest BCUT2D eigenvalue weighted by Gasteiger charge is 2.32. The lowest BCUT2D eigenvalue weighted by molar-refractivity contribution is 0.169. The first-order valence-electron chi connectivity index (χ1n) is 11.0. The monoisotopic (exact) mass is 406 g/mol. The zero-order valence-electron chi connectivity index (χ0n) is 18.2. The summed E-state index contributed by atoms with van der Waals surface area (Å²) in [5.41, 5.74) is 3.21. The van der Waals surface area contributed by atoms with E-state index in [9.17, 15) is 8.42 Å². The molecule has 0 N–H and O–H groups in total. The summed E-state index contributed by atoms with van der Waals surface area (Å²) in [4.78, 5) is 2.41. The first-order chi connectivity index (χ1) is 13.2. The van der Waals surface area contributed by atoms with E-state index in [1.165, 1.54) is 36.9 Å². The number of sulfonamides is 1. The van der Waals surface area contributed by atoms with E-state index in [0.717, 1.165) is 19.0 Å². The molecule has 0 atom stereocenters. The third kappa shape index (κ3) is 4.91. The van der Waals surface area contributed by atoms with Crippen molar-refractivity contribution in [1.29, 1.82) is 0 Å². The van der Waals surface area contributed by atoms with Gasteiger partial charge in [-0.25, -0.2) is 8.42 Å². The molecule has 28 heavy (non-hydrogen) atoms. The van der Waals surface area contributed by atoms with Crippen LogP contribution in [0, 0.1) is 11.3 Å². The van der Waals surface area contributed by atoms with Crippen molar-refractivity contribution in [2.75, 3.05) is 36.8 Å². The van der Waals surface area contributed by atoms with Crippen LogP contribution >= 0.6 is 0 Å². The number of hydrogen-bond donors (Lipinski definition) is 0. The minimum atomic E-state index is -3.08. The molecule has 4 nitrogen and oxygen atoms in total. The van der Waals surface area contributed by atoms with Crippen LogP contribution < -0.4 is 4.90 Å². The first-order valence-corrected chi connectivity index (χ1v) is 12.6. The van der Waals surface area contributed by atoms with Crippen LogP contribution in [0.2, 0.25) is 0 Å². The lowest BCUT2D eigenvalue weighted by Gasteiger charge is -2.40. The zero-order valence-corrected chi connectivity index (χ0v) is 19.0. The van der Waals surface area contributed by atoms with Gasteiger partial charge in [0.2, 0.25) is 10.0 Å². The van der Waals surface area contributed by atoms with Crippen molar-refractivity contribution >= 4 is 15.7 Å². The van der Waals surface area contributed by atoms with Gasteiger partial charge in [0, 0.05) is 31.9 Å². The SMILES string of the molecule is CCCS(=O)(=O)N1CCN(c2ccccc2C2CCC(C(C)(C)C)CC2)CC1. The molecule has 0 bridgehead atoms. The van der Waals surface area contributed by atoms with Gasteiger partial charge in [-0.3, -0.25) is 0 Å². The van der Waals surface area contributed by atoms with Gasteiger partial charge >= 0.3 is 0 Å². The molecule has 1 heterocycles. The Hall–Kier alpha value is -1.07. The molecule has 0 amide bonds. The molecular formula is C23H38N2O2S. The number of rotatable bonds is 5. The molecule has 1 aromatic carbocycles. The van der Waals surface area contributed by atoms with Crippen LogP contribution in [0.4, 0.5) is 5.69 Å². The van der Waals surface area contributed by atoms with E-state index in [4.69, 9.17) is 0 Å². The smallest absolute Gasteiger partial charge is 0.214 e. The Balaban J connectivity index is 1.67. The van der Waals surface area contributed by atoms with Crippen LogP contribution in [-0.2, 0) is 10.0 Å². The van der Waals surface area contributed by atoms with Gasteiger partial charge in [0.1, 0.15) is 0 Å². The van der Waals surface area contributed by atoms with Gasteiger partial charge in [-0.15, -0.1) is 0 Å². The Kier molecular flexibility index (Phi) is 6.76. The maximum atomic E-state index is 12.4. The first kappa shape index (κ1) is 21.6. The minimum Gasteiger partial charge on any atom is -0.369 e. The van der Waals surface area contributed by atoms with Crippen molar-refractivity contribution in [1.82, 2.24) is 4.31 Å². The van der Waals surface area contributed by atoms with Gasteiger partial charge < -0.3 is 4.90 Å². The molecule has 1 saturated carbocycles. The van der Waals surface area contributed by atoms with Crippen LogP contribution in [0.1, 0.15) is 71.3 Å². The molecule has 0 spiro atoms. The maximum absolute atomic E-state index is 12.4. The van der Waals surface area contributed by atoms with Crippen LogP contribution in [0.15, 0.2) is 24.3 Å². The van der Waals surface area contributed by atoms with Crippen LogP contribution in [0.3, 0.4) is 0 Å². The number of para-hydroxylation sites is 1. The molecular weight excluding hydrogens is 368 g/mol. The van der Waals surface area contributed by atoms with Gasteiger partial charge in [-0.05, 0) is 61.0 Å². The van der Waals surface area contributed by atoms with Crippen LogP contribution in [0.5, 0.6) is 0 Å². The normalized spacial score (nSPS) is 25.1. The molecule has 1 aliphatic carbocycles. The second kappa shape index (κ2) is 8.74. The average Bonchev–Trinajstić information content (AvgIpc) is 2.67. The highest BCUT2D eigenvalue weighted by atomic mass is 32.2. The van der Waals surface area contributed by atoms with E-state index >= 15 is 0 Å². The molecule has 158 valence electrons. The van der Waals surface area contributed by atoms with Crippen molar-refractivity contribution in [2.45, 2.75) is 65.7 Å². The van der Waals surface area contributed by atoms with E-state index in [0.29, 0.717) is 30.8 Å². The summed E-state index contributed by atoms with van der Waals surface area (Å²) in [7, 11) is -3.08. The number of piperazine rings is 1. The summed E-state index contributed by atoms with van der Waals surface area (Å²) in [6.45, 7) is 11.8. The molecule has 1 aliphatic heterocycles. The molecule has 0 aromatic heterocycles. The van der Waals surface area contributed by atoms with E-state index in [2.05, 4.69) is 49.9 Å². The maximum Gasteiger partial charge on any atom is 0.214 e. The number of anilines is 1. The van der Waals surface area contributed by atoms with Crippen molar-refractivity contribution in [2.24, 2.45) is 11.3 Å². The lowest BCUT2D eigenvalue weighted by Crippen LogP contribution is -2.49. The summed E-state index contributed by atoms with van der Waals surface area (Å²) in [5, 5.41) is 0. The van der Waals surface area contributed by atoms with Crippen molar-refractivity contribution in [3.05, 3.63) is 29.8 Å². The largest absolute Gasteiger partial charge is 0.369 e. The highest BCUT2D eigenvalue weighted by Crippen LogP contribution is 2.45. The molecule has 5 heteroatoms. The predicted molar refractivity (Wildman–Crippen MR) is 118 cm³/mol. The van der Waals surface area contributed by atoms with Crippen LogP contribution in [-0.4, -0.2) is 44.7 Å². The van der Waals surface area contributed by atoms with Crippen molar-refractivity contribution in [3.8, 4) is 0 Å². The van der Waals surface area contributed by atoms with Gasteiger partial charge in [-0.1, -0.05) is 45.9 Å². The minimum absolute atomic E-state index is 0.264. The predicted octanol–water partition coefficient (Wildman–Crippen LogP) is 4.87. The van der Waals surface area contributed by atoms with Crippen molar-refractivity contribution < 1.29 is 8.42 Å². The molecule has 2 fully saturated rings. The summed E-state index contributed by atoms with van der Waals surface area (Å²) in [5.74, 6) is 1.72. The molecule has 0 radical (unpaired) electrons. The Morgan fingerprint density at radius 3 is 2.14 bits per heavy atom. The summed E-state index contributed by atoms with van der Waals surface area (Å²) >= 11 is 0. The summed E-state index contributed by atoms with van der Waals surface area (Å²) in [6.07, 6.45) is 5.84. The van der Waals surface area contributed by atoms with Crippen LogP contribution in [0.25, 0.3) is 0 Å². The second-order valence-electron chi connectivity index (χ2n) is 9.68. The summed E-state index contributed by atoms with van der Waals surface area (Å²) < 4.78 is 26.4. The third-order valence-corrected chi connectivity index (χ3v) is 8.84. The quantitative estimate of drug-likeness (QED) is 0.700. The summed E-state index contributed by atoms with van der Waals surface area (Å²) in [6, 6.07) is 8.83. The molecule has 1 aromatic rings. The topological polar surface area (TPSA) is 40.6 Å². The van der Waals surface area contributed by atoms with Gasteiger partial charge in [0.25, 0.3) is 0 Å². The fourth-order valence-electron chi connectivity index (χ4n) is 4.99. The number of hydrogen-bond acceptors (Lipinski definition) is 3. The standard InChI is InChI=1S/C23H38N2O2S/c1-5-18-28(26,27)25-16-14-24(15-17-25)22-9-7-6-8-21(22)19-10-12-20(13-11-19)23(2,3)4/h6-9,19-20H,5,10-18H2,1-4H3. The average molecular weight is 407 g/mol. The number of nitrogens with zero attached hydrogens (tertiary/aromatic N) is 2. The van der Waals surface area contributed by atoms with E-state index < -0.39 is 10.0 Å². The third-order valence-electron chi connectivity index (χ3n) is 6.76. The number of benzene rings is 1. The van der Waals surface area contributed by atoms with E-state index in [1.54, 1.807) is 4.31 Å². The Bertz CT molecular complexity index is 738. The Morgan fingerprint density at radius 1 is 0.964 bits per heavy atom. The molecule has 3 rings (SSSR count). The van der Waals surface area contributed by atoms with Gasteiger partial charge in [0.15, 0.2) is 0 Å². The van der Waals surface area contributed by atoms with E-state index in [-0.39, 0.29) is 5.75 Å².